The summed E-state index contributed by atoms with van der Waals surface area (Å²) in [4.78, 5) is 12.3. The highest BCUT2D eigenvalue weighted by Crippen LogP contribution is 2.71. The minimum absolute atomic E-state index is 0.00138. The molecular formula is C18H22N2O3S. The third-order valence-electron chi connectivity index (χ3n) is 7.38. The second-order valence-corrected chi connectivity index (χ2v) is 10.4. The van der Waals surface area contributed by atoms with Crippen molar-refractivity contribution in [2.75, 3.05) is 0 Å². The van der Waals surface area contributed by atoms with E-state index >= 15 is 0 Å². The maximum atomic E-state index is 13.3. The SMILES string of the molecule is CC1(C)[C@H]2CCC13[C@@H](C2)N([C@H]1C(=O)N[C@H]1c1ccccc1)S3(=O)=O. The standard InChI is InChI=1S/C18H22N2O3S/c1-17(2)12-8-9-18(17)13(10-12)20(24(18,22)23)15-14(19-16(15)21)11-6-4-3-5-7-11/h3-7,12-15H,8-10H2,1-2H3,(H,19,21)/t12-,13+,14-,15+,18?/m0/s1. The number of nitrogens with zero attached hydrogens (tertiary/aromatic N) is 1. The number of hydrogen-bond donors (Lipinski definition) is 1. The summed E-state index contributed by atoms with van der Waals surface area (Å²) in [6.45, 7) is 4.21. The number of nitrogens with one attached hydrogen (secondary N) is 1. The molecule has 1 aromatic rings. The molecular weight excluding hydrogens is 324 g/mol. The summed E-state index contributed by atoms with van der Waals surface area (Å²) in [6, 6.07) is 8.85. The van der Waals surface area contributed by atoms with Crippen molar-refractivity contribution in [3.63, 3.8) is 0 Å². The number of amides is 1. The number of β-lactam (4-membered cyclic amide) rings is 1. The summed E-state index contributed by atoms with van der Waals surface area (Å²) >= 11 is 0. The fraction of sp³-hybridized carbons (Fsp3) is 0.611. The van der Waals surface area contributed by atoms with Crippen LogP contribution in [0.25, 0.3) is 0 Å². The maximum Gasteiger partial charge on any atom is 0.241 e. The average Bonchev–Trinajstić information content (AvgIpc) is 2.94. The summed E-state index contributed by atoms with van der Waals surface area (Å²) in [7, 11) is -3.44. The third kappa shape index (κ3) is 1.35. The van der Waals surface area contributed by atoms with E-state index in [-0.39, 0.29) is 23.4 Å². The van der Waals surface area contributed by atoms with Crippen molar-refractivity contribution in [2.24, 2.45) is 11.3 Å². The average molecular weight is 346 g/mol. The lowest BCUT2D eigenvalue weighted by atomic mass is 9.80. The first-order valence-electron chi connectivity index (χ1n) is 8.71. The number of carbonyl (C=O) groups excluding carboxylic acids is 1. The number of hydrogen-bond acceptors (Lipinski definition) is 3. The van der Waals surface area contributed by atoms with E-state index < -0.39 is 20.8 Å². The van der Waals surface area contributed by atoms with Gasteiger partial charge in [-0.3, -0.25) is 4.79 Å². The van der Waals surface area contributed by atoms with E-state index in [1.807, 2.05) is 30.3 Å². The first kappa shape index (κ1) is 14.9. The lowest BCUT2D eigenvalue weighted by molar-refractivity contribution is -0.137. The molecule has 128 valence electrons. The van der Waals surface area contributed by atoms with Gasteiger partial charge in [-0.15, -0.1) is 0 Å². The summed E-state index contributed by atoms with van der Waals surface area (Å²) in [5, 5.41) is 2.89. The van der Waals surface area contributed by atoms with Crippen molar-refractivity contribution in [1.82, 2.24) is 9.62 Å². The molecule has 2 aliphatic carbocycles. The van der Waals surface area contributed by atoms with Gasteiger partial charge in [-0.2, -0.15) is 4.31 Å². The molecule has 1 unspecified atom stereocenters. The zero-order valence-corrected chi connectivity index (χ0v) is 14.7. The number of benzene rings is 1. The van der Waals surface area contributed by atoms with E-state index in [9.17, 15) is 13.2 Å². The molecule has 0 aromatic heterocycles. The topological polar surface area (TPSA) is 66.5 Å². The van der Waals surface area contributed by atoms with Crippen LogP contribution in [0, 0.1) is 11.3 Å². The molecule has 4 aliphatic rings. The zero-order valence-electron chi connectivity index (χ0n) is 13.9. The van der Waals surface area contributed by atoms with Crippen LogP contribution < -0.4 is 5.32 Å². The van der Waals surface area contributed by atoms with Crippen LogP contribution in [-0.2, 0) is 14.8 Å². The van der Waals surface area contributed by atoms with Gasteiger partial charge >= 0.3 is 0 Å². The van der Waals surface area contributed by atoms with E-state index in [1.165, 1.54) is 0 Å². The Morgan fingerprint density at radius 3 is 2.54 bits per heavy atom. The van der Waals surface area contributed by atoms with Crippen molar-refractivity contribution in [2.45, 2.75) is 56.0 Å². The lowest BCUT2D eigenvalue weighted by Gasteiger charge is -2.61. The Kier molecular flexibility index (Phi) is 2.62. The van der Waals surface area contributed by atoms with Crippen molar-refractivity contribution >= 4 is 15.9 Å². The molecule has 0 radical (unpaired) electrons. The van der Waals surface area contributed by atoms with Crippen LogP contribution in [0.2, 0.25) is 0 Å². The monoisotopic (exact) mass is 346 g/mol. The van der Waals surface area contributed by atoms with Gasteiger partial charge in [-0.1, -0.05) is 44.2 Å². The van der Waals surface area contributed by atoms with E-state index in [0.29, 0.717) is 5.92 Å². The highest BCUT2D eigenvalue weighted by molar-refractivity contribution is 7.92. The van der Waals surface area contributed by atoms with Crippen LogP contribution in [0.3, 0.4) is 0 Å². The Balaban J connectivity index is 1.54. The van der Waals surface area contributed by atoms with Crippen molar-refractivity contribution in [3.8, 4) is 0 Å². The predicted octanol–water partition coefficient (Wildman–Crippen LogP) is 1.82. The van der Waals surface area contributed by atoms with Crippen LogP contribution in [0.4, 0.5) is 0 Å². The van der Waals surface area contributed by atoms with Gasteiger partial charge < -0.3 is 5.32 Å². The highest BCUT2D eigenvalue weighted by atomic mass is 32.2. The van der Waals surface area contributed by atoms with Crippen LogP contribution in [-0.4, -0.2) is 35.5 Å². The Morgan fingerprint density at radius 1 is 1.21 bits per heavy atom. The number of carbonyl (C=O) groups is 1. The minimum atomic E-state index is -3.44. The molecule has 5 atom stereocenters. The van der Waals surface area contributed by atoms with E-state index in [0.717, 1.165) is 24.8 Å². The molecule has 24 heavy (non-hydrogen) atoms. The fourth-order valence-electron chi connectivity index (χ4n) is 6.04. The van der Waals surface area contributed by atoms with Crippen molar-refractivity contribution in [1.29, 1.82) is 0 Å². The molecule has 2 heterocycles. The van der Waals surface area contributed by atoms with E-state index in [4.69, 9.17) is 0 Å². The molecule has 4 fully saturated rings. The molecule has 5 nitrogen and oxygen atoms in total. The summed E-state index contributed by atoms with van der Waals surface area (Å²) in [6.07, 6.45) is 2.64. The maximum absolute atomic E-state index is 13.3. The molecule has 1 spiro atoms. The molecule has 5 rings (SSSR count). The van der Waals surface area contributed by atoms with Gasteiger partial charge in [0.25, 0.3) is 0 Å². The Hall–Kier alpha value is -1.40. The molecule has 2 bridgehead atoms. The zero-order chi connectivity index (χ0) is 16.9. The number of fused-ring (bicyclic) bond motifs is 1. The van der Waals surface area contributed by atoms with Gasteiger partial charge in [-0.05, 0) is 36.2 Å². The Bertz CT molecular complexity index is 835. The van der Waals surface area contributed by atoms with Gasteiger partial charge in [0, 0.05) is 6.04 Å². The van der Waals surface area contributed by atoms with Crippen LogP contribution in [0.5, 0.6) is 0 Å². The predicted molar refractivity (Wildman–Crippen MR) is 89.5 cm³/mol. The molecule has 2 saturated carbocycles. The molecule has 6 heteroatoms. The second kappa shape index (κ2) is 4.22. The fourth-order valence-corrected chi connectivity index (χ4v) is 9.13. The van der Waals surface area contributed by atoms with Crippen LogP contribution >= 0.6 is 0 Å². The number of rotatable bonds is 2. The smallest absolute Gasteiger partial charge is 0.241 e. The third-order valence-corrected chi connectivity index (χ3v) is 10.3. The molecule has 2 saturated heterocycles. The van der Waals surface area contributed by atoms with Gasteiger partial charge in [0.15, 0.2) is 0 Å². The summed E-state index contributed by atoms with van der Waals surface area (Å²) < 4.78 is 27.6. The lowest BCUT2D eigenvalue weighted by Crippen LogP contribution is -2.81. The summed E-state index contributed by atoms with van der Waals surface area (Å²) in [5.41, 5.74) is 0.788. The van der Waals surface area contributed by atoms with Crippen molar-refractivity contribution < 1.29 is 13.2 Å². The van der Waals surface area contributed by atoms with Gasteiger partial charge in [0.1, 0.15) is 10.8 Å². The molecule has 1 amide bonds. The first-order valence-corrected chi connectivity index (χ1v) is 10.1. The first-order chi connectivity index (χ1) is 11.3. The highest BCUT2D eigenvalue weighted by Gasteiger charge is 2.82. The largest absolute Gasteiger partial charge is 0.346 e. The van der Waals surface area contributed by atoms with E-state index in [1.54, 1.807) is 4.31 Å². The normalized spacial score (nSPS) is 44.3. The Labute approximate surface area is 142 Å². The van der Waals surface area contributed by atoms with Crippen LogP contribution in [0.1, 0.15) is 44.7 Å². The van der Waals surface area contributed by atoms with Gasteiger partial charge in [-0.25, -0.2) is 8.42 Å². The summed E-state index contributed by atoms with van der Waals surface area (Å²) in [5.74, 6) is 0.281. The van der Waals surface area contributed by atoms with E-state index in [2.05, 4.69) is 19.2 Å². The van der Waals surface area contributed by atoms with Gasteiger partial charge in [0.2, 0.25) is 15.9 Å². The van der Waals surface area contributed by atoms with Crippen LogP contribution in [0.15, 0.2) is 30.3 Å². The quantitative estimate of drug-likeness (QED) is 0.831. The second-order valence-electron chi connectivity index (χ2n) is 8.28. The molecule has 2 aliphatic heterocycles. The minimum Gasteiger partial charge on any atom is -0.346 e. The Morgan fingerprint density at radius 2 is 1.92 bits per heavy atom. The van der Waals surface area contributed by atoms with Crippen molar-refractivity contribution in [3.05, 3.63) is 35.9 Å². The van der Waals surface area contributed by atoms with Gasteiger partial charge in [0.05, 0.1) is 6.04 Å². The number of sulfonamides is 1. The molecule has 1 aromatic carbocycles. The molecule has 1 N–H and O–H groups in total.